The van der Waals surface area contributed by atoms with Crippen LogP contribution in [0.1, 0.15) is 37.3 Å². The molecular formula is C21H31N3O3S. The highest BCUT2D eigenvalue weighted by molar-refractivity contribution is 7.10. The number of hydrogen-bond donors (Lipinski definition) is 3. The normalized spacial score (nSPS) is 13.1. The predicted molar refractivity (Wildman–Crippen MR) is 116 cm³/mol. The van der Waals surface area contributed by atoms with Crippen LogP contribution in [0.5, 0.6) is 11.5 Å². The minimum absolute atomic E-state index is 0.0504. The minimum Gasteiger partial charge on any atom is -0.497 e. The van der Waals surface area contributed by atoms with E-state index in [1.807, 2.05) is 6.92 Å². The molecule has 2 aromatic rings. The second kappa shape index (κ2) is 10.3. The fraction of sp³-hybridized carbons (Fsp3) is 0.476. The number of aliphatic hydroxyl groups excluding tert-OH is 1. The first kappa shape index (κ1) is 22.0. The summed E-state index contributed by atoms with van der Waals surface area (Å²) in [6.07, 6.45) is -0.765. The molecule has 0 bridgehead atoms. The number of rotatable bonds is 9. The van der Waals surface area contributed by atoms with Crippen molar-refractivity contribution in [1.82, 2.24) is 10.6 Å². The molecule has 1 atom stereocenters. The largest absolute Gasteiger partial charge is 0.497 e. The highest BCUT2D eigenvalue weighted by atomic mass is 32.1. The van der Waals surface area contributed by atoms with E-state index in [0.717, 1.165) is 6.54 Å². The zero-order chi connectivity index (χ0) is 20.6. The lowest BCUT2D eigenvalue weighted by molar-refractivity contribution is 0.176. The topological polar surface area (TPSA) is 75.1 Å². The Balaban J connectivity index is 2.06. The van der Waals surface area contributed by atoms with E-state index in [9.17, 15) is 5.11 Å². The van der Waals surface area contributed by atoms with Crippen LogP contribution in [-0.2, 0) is 5.41 Å². The first-order valence-corrected chi connectivity index (χ1v) is 10.3. The van der Waals surface area contributed by atoms with Gasteiger partial charge in [0.1, 0.15) is 11.5 Å². The smallest absolute Gasteiger partial charge is 0.191 e. The summed E-state index contributed by atoms with van der Waals surface area (Å²) < 4.78 is 10.6. The number of aliphatic hydroxyl groups is 1. The monoisotopic (exact) mass is 405 g/mol. The maximum atomic E-state index is 10.7. The van der Waals surface area contributed by atoms with E-state index in [0.29, 0.717) is 36.1 Å². The van der Waals surface area contributed by atoms with Crippen LogP contribution >= 0.6 is 11.3 Å². The van der Waals surface area contributed by atoms with Crippen molar-refractivity contribution in [1.29, 1.82) is 0 Å². The molecule has 1 unspecified atom stereocenters. The van der Waals surface area contributed by atoms with Crippen LogP contribution < -0.4 is 20.1 Å². The zero-order valence-electron chi connectivity index (χ0n) is 17.3. The number of benzene rings is 1. The van der Waals surface area contributed by atoms with Crippen molar-refractivity contribution in [3.05, 3.63) is 46.2 Å². The molecule has 0 saturated carbocycles. The minimum atomic E-state index is -0.765. The summed E-state index contributed by atoms with van der Waals surface area (Å²) in [5, 5.41) is 19.2. The van der Waals surface area contributed by atoms with Crippen molar-refractivity contribution in [2.75, 3.05) is 33.9 Å². The van der Waals surface area contributed by atoms with Crippen molar-refractivity contribution in [2.45, 2.75) is 32.3 Å². The van der Waals surface area contributed by atoms with Crippen LogP contribution in [0.15, 0.2) is 40.7 Å². The molecule has 1 aromatic carbocycles. The number of thiophene rings is 1. The highest BCUT2D eigenvalue weighted by Gasteiger charge is 2.22. The molecular weight excluding hydrogens is 374 g/mol. The van der Waals surface area contributed by atoms with Crippen LogP contribution in [0.2, 0.25) is 0 Å². The van der Waals surface area contributed by atoms with E-state index in [1.165, 1.54) is 4.88 Å². The third kappa shape index (κ3) is 5.87. The van der Waals surface area contributed by atoms with Gasteiger partial charge in [-0.3, -0.25) is 4.99 Å². The molecule has 7 heteroatoms. The summed E-state index contributed by atoms with van der Waals surface area (Å²) in [6.45, 7) is 8.06. The van der Waals surface area contributed by atoms with Gasteiger partial charge >= 0.3 is 0 Å². The summed E-state index contributed by atoms with van der Waals surface area (Å²) in [5.41, 5.74) is 0.620. The third-order valence-corrected chi connectivity index (χ3v) is 5.66. The third-order valence-electron chi connectivity index (χ3n) is 4.42. The molecule has 0 saturated heterocycles. The van der Waals surface area contributed by atoms with E-state index in [-0.39, 0.29) is 5.41 Å². The van der Waals surface area contributed by atoms with Gasteiger partial charge in [0.2, 0.25) is 0 Å². The summed E-state index contributed by atoms with van der Waals surface area (Å²) in [6, 6.07) is 9.59. The molecule has 0 fully saturated rings. The quantitative estimate of drug-likeness (QED) is 0.441. The summed E-state index contributed by atoms with van der Waals surface area (Å²) in [4.78, 5) is 6.02. The average Bonchev–Trinajstić information content (AvgIpc) is 3.25. The molecule has 28 heavy (non-hydrogen) atoms. The Morgan fingerprint density at radius 2 is 2.00 bits per heavy atom. The van der Waals surface area contributed by atoms with E-state index in [1.54, 1.807) is 43.8 Å². The van der Waals surface area contributed by atoms with Gasteiger partial charge in [-0.05, 0) is 36.6 Å². The summed E-state index contributed by atoms with van der Waals surface area (Å²) in [5.74, 6) is 1.97. The van der Waals surface area contributed by atoms with Gasteiger partial charge in [-0.2, -0.15) is 0 Å². The Kier molecular flexibility index (Phi) is 8.14. The molecule has 1 aromatic heterocycles. The standard InChI is InChI=1S/C21H31N3O3S/c1-6-22-20(24-14-21(2,3)19-8-7-11-28-19)23-13-17(25)16-12-15(26-4)9-10-18(16)27-5/h7-12,17,25H,6,13-14H2,1-5H3,(H2,22,23,24). The van der Waals surface area contributed by atoms with Crippen molar-refractivity contribution in [3.8, 4) is 11.5 Å². The first-order chi connectivity index (χ1) is 13.4. The molecule has 0 amide bonds. The lowest BCUT2D eigenvalue weighted by Crippen LogP contribution is -2.40. The fourth-order valence-electron chi connectivity index (χ4n) is 2.76. The van der Waals surface area contributed by atoms with Crippen LogP contribution in [0, 0.1) is 0 Å². The van der Waals surface area contributed by atoms with Gasteiger partial charge < -0.3 is 25.2 Å². The molecule has 2 rings (SSSR count). The second-order valence-electron chi connectivity index (χ2n) is 7.06. The Hall–Kier alpha value is -2.25. The number of hydrogen-bond acceptors (Lipinski definition) is 5. The first-order valence-electron chi connectivity index (χ1n) is 9.37. The van der Waals surface area contributed by atoms with E-state index < -0.39 is 6.10 Å². The molecule has 0 aliphatic carbocycles. The van der Waals surface area contributed by atoms with Gasteiger partial charge in [-0.25, -0.2) is 0 Å². The van der Waals surface area contributed by atoms with E-state index in [2.05, 4.69) is 42.0 Å². The predicted octanol–water partition coefficient (Wildman–Crippen LogP) is 3.33. The summed E-state index contributed by atoms with van der Waals surface area (Å²) in [7, 11) is 3.19. The van der Waals surface area contributed by atoms with E-state index >= 15 is 0 Å². The van der Waals surface area contributed by atoms with Gasteiger partial charge in [0.15, 0.2) is 5.96 Å². The maximum Gasteiger partial charge on any atom is 0.191 e. The molecule has 0 spiro atoms. The molecule has 154 valence electrons. The Morgan fingerprint density at radius 1 is 1.21 bits per heavy atom. The van der Waals surface area contributed by atoms with Crippen LogP contribution in [0.4, 0.5) is 0 Å². The van der Waals surface area contributed by atoms with Crippen molar-refractivity contribution >= 4 is 17.3 Å². The molecule has 6 nitrogen and oxygen atoms in total. The summed E-state index contributed by atoms with van der Waals surface area (Å²) >= 11 is 1.74. The van der Waals surface area contributed by atoms with Crippen LogP contribution in [-0.4, -0.2) is 44.9 Å². The number of ether oxygens (including phenoxy) is 2. The van der Waals surface area contributed by atoms with Gasteiger partial charge in [0.05, 0.1) is 26.9 Å². The Labute approximate surface area is 171 Å². The molecule has 3 N–H and O–H groups in total. The van der Waals surface area contributed by atoms with Gasteiger partial charge in [0.25, 0.3) is 0 Å². The number of nitrogens with zero attached hydrogens (tertiary/aromatic N) is 1. The lowest BCUT2D eigenvalue weighted by atomic mass is 9.92. The fourth-order valence-corrected chi connectivity index (χ4v) is 3.61. The number of aliphatic imine (C=N–C) groups is 1. The van der Waals surface area contributed by atoms with Gasteiger partial charge in [-0.1, -0.05) is 19.9 Å². The van der Waals surface area contributed by atoms with Crippen molar-refractivity contribution < 1.29 is 14.6 Å². The zero-order valence-corrected chi connectivity index (χ0v) is 18.1. The van der Waals surface area contributed by atoms with Crippen molar-refractivity contribution in [2.24, 2.45) is 4.99 Å². The maximum absolute atomic E-state index is 10.7. The van der Waals surface area contributed by atoms with Crippen LogP contribution in [0.25, 0.3) is 0 Å². The molecule has 1 heterocycles. The van der Waals surface area contributed by atoms with Crippen LogP contribution in [0.3, 0.4) is 0 Å². The lowest BCUT2D eigenvalue weighted by Gasteiger charge is -2.22. The second-order valence-corrected chi connectivity index (χ2v) is 8.01. The number of methoxy groups -OCH3 is 2. The molecule has 0 aliphatic rings. The number of nitrogens with one attached hydrogen (secondary N) is 2. The Bertz CT molecular complexity index is 760. The van der Waals surface area contributed by atoms with Gasteiger partial charge in [0, 0.05) is 28.9 Å². The molecule has 0 radical (unpaired) electrons. The Morgan fingerprint density at radius 3 is 2.61 bits per heavy atom. The average molecular weight is 406 g/mol. The molecule has 0 aliphatic heterocycles. The highest BCUT2D eigenvalue weighted by Crippen LogP contribution is 2.29. The van der Waals surface area contributed by atoms with E-state index in [4.69, 9.17) is 14.5 Å². The van der Waals surface area contributed by atoms with Gasteiger partial charge in [-0.15, -0.1) is 11.3 Å². The van der Waals surface area contributed by atoms with Crippen molar-refractivity contribution in [3.63, 3.8) is 0 Å². The SMILES string of the molecule is CCNC(=NCC(C)(C)c1cccs1)NCC(O)c1cc(OC)ccc1OC. The number of guanidine groups is 1.